The van der Waals surface area contributed by atoms with Crippen LogP contribution in [0.1, 0.15) is 51.9 Å². The van der Waals surface area contributed by atoms with Crippen LogP contribution in [0, 0.1) is 35.9 Å². The van der Waals surface area contributed by atoms with Gasteiger partial charge < -0.3 is 20.3 Å². The number of benzene rings is 2. The largest absolute Gasteiger partial charge is 0.497 e. The Balaban J connectivity index is 1.25. The number of fused-ring (bicyclic) bond motifs is 3. The van der Waals surface area contributed by atoms with Gasteiger partial charge in [0.2, 0.25) is 0 Å². The number of rotatable bonds is 6. The maximum atomic E-state index is 14.5. The van der Waals surface area contributed by atoms with Gasteiger partial charge in [0, 0.05) is 44.0 Å². The van der Waals surface area contributed by atoms with E-state index in [2.05, 4.69) is 43.2 Å². The van der Waals surface area contributed by atoms with Crippen LogP contribution < -0.4 is 20.9 Å². The van der Waals surface area contributed by atoms with Crippen LogP contribution in [0.25, 0.3) is 10.9 Å². The number of anilines is 1. The summed E-state index contributed by atoms with van der Waals surface area (Å²) in [4.78, 5) is 26.1. The Bertz CT molecular complexity index is 1600. The molecule has 2 aromatic carbocycles. The average molecular weight is 589 g/mol. The molecule has 5 atom stereocenters. The molecule has 7 rings (SSSR count). The molecular weight excluding hydrogens is 543 g/mol. The number of nitrogens with one attached hydrogen (secondary N) is 2. The number of aliphatic imine (C=N–C) groups is 1. The summed E-state index contributed by atoms with van der Waals surface area (Å²) >= 11 is 0. The van der Waals surface area contributed by atoms with Crippen LogP contribution in [0.5, 0.6) is 5.75 Å². The van der Waals surface area contributed by atoms with Crippen molar-refractivity contribution in [1.82, 2.24) is 19.8 Å². The van der Waals surface area contributed by atoms with Crippen LogP contribution in [-0.2, 0) is 13.0 Å². The molecule has 3 aromatic rings. The lowest BCUT2D eigenvalue weighted by atomic mass is 9.45. The molecule has 3 aliphatic carbocycles. The van der Waals surface area contributed by atoms with Gasteiger partial charge in [0.25, 0.3) is 5.56 Å². The Morgan fingerprint density at radius 2 is 2.02 bits per heavy atom. The van der Waals surface area contributed by atoms with Crippen molar-refractivity contribution in [2.24, 2.45) is 28.2 Å². The lowest BCUT2D eigenvalue weighted by molar-refractivity contribution is -0.108. The highest BCUT2D eigenvalue weighted by atomic mass is 19.1. The van der Waals surface area contributed by atoms with Crippen molar-refractivity contribution in [3.05, 3.63) is 64.0 Å². The molecule has 43 heavy (non-hydrogen) atoms. The third-order valence-corrected chi connectivity index (χ3v) is 10.5. The van der Waals surface area contributed by atoms with Gasteiger partial charge in [-0.2, -0.15) is 0 Å². The Labute approximate surface area is 253 Å². The fourth-order valence-electron chi connectivity index (χ4n) is 7.66. The smallest absolute Gasteiger partial charge is 0.261 e. The molecule has 3 saturated carbocycles. The summed E-state index contributed by atoms with van der Waals surface area (Å²) in [5.41, 5.74) is 2.34. The second-order valence-corrected chi connectivity index (χ2v) is 13.5. The zero-order valence-corrected chi connectivity index (χ0v) is 26.3. The molecule has 9 heteroatoms. The van der Waals surface area contributed by atoms with Crippen molar-refractivity contribution in [2.75, 3.05) is 32.1 Å². The summed E-state index contributed by atoms with van der Waals surface area (Å²) in [6, 6.07) is 11.2. The van der Waals surface area contributed by atoms with E-state index in [4.69, 9.17) is 14.7 Å². The number of halogens is 1. The fourth-order valence-corrected chi connectivity index (χ4v) is 7.66. The first-order valence-corrected chi connectivity index (χ1v) is 15.7. The minimum absolute atomic E-state index is 0.120. The normalized spacial score (nSPS) is 26.7. The number of methoxy groups -OCH3 is 1. The highest BCUT2D eigenvalue weighted by Gasteiger charge is 2.56. The number of nitrogens with zero attached hydrogens (tertiary/aromatic N) is 4. The monoisotopic (exact) mass is 588 g/mol. The van der Waals surface area contributed by atoms with E-state index >= 15 is 0 Å². The number of hydrogen-bond donors (Lipinski definition) is 2. The molecule has 1 saturated heterocycles. The van der Waals surface area contributed by atoms with Crippen LogP contribution >= 0.6 is 0 Å². The zero-order valence-electron chi connectivity index (χ0n) is 26.3. The zero-order chi connectivity index (χ0) is 30.5. The highest BCUT2D eigenvalue weighted by molar-refractivity contribution is 5.96. The van der Waals surface area contributed by atoms with E-state index in [0.29, 0.717) is 64.4 Å². The van der Waals surface area contributed by atoms with E-state index in [1.807, 2.05) is 25.1 Å². The average Bonchev–Trinajstić information content (AvgIpc) is 2.97. The molecule has 0 amide bonds. The molecule has 2 bridgehead atoms. The van der Waals surface area contributed by atoms with E-state index in [9.17, 15) is 9.18 Å². The number of guanidine groups is 1. The number of hydrogen-bond acceptors (Lipinski definition) is 5. The lowest BCUT2D eigenvalue weighted by Gasteiger charge is -2.61. The predicted molar refractivity (Wildman–Crippen MR) is 170 cm³/mol. The van der Waals surface area contributed by atoms with Gasteiger partial charge in [-0.3, -0.25) is 9.36 Å². The van der Waals surface area contributed by atoms with Gasteiger partial charge in [-0.15, -0.1) is 0 Å². The van der Waals surface area contributed by atoms with Gasteiger partial charge in [0.05, 0.1) is 24.1 Å². The minimum Gasteiger partial charge on any atom is -0.497 e. The van der Waals surface area contributed by atoms with Crippen LogP contribution in [0.2, 0.25) is 0 Å². The molecule has 4 aliphatic rings. The van der Waals surface area contributed by atoms with E-state index in [0.717, 1.165) is 49.5 Å². The SMILES string of the molecule is COc1ccc(CCn2c(C)nc3cc(NC(=NC4CC5CC(C4C)C5(C)C)N4CCNC(C)C4)ccc3c2=O)c(F)c1. The summed E-state index contributed by atoms with van der Waals surface area (Å²) in [7, 11) is 1.51. The summed E-state index contributed by atoms with van der Waals surface area (Å²) in [6.45, 7) is 14.3. The van der Waals surface area contributed by atoms with Crippen molar-refractivity contribution in [3.63, 3.8) is 0 Å². The lowest BCUT2D eigenvalue weighted by Crippen LogP contribution is -2.57. The van der Waals surface area contributed by atoms with E-state index < -0.39 is 0 Å². The van der Waals surface area contributed by atoms with Gasteiger partial charge in [0.1, 0.15) is 17.4 Å². The van der Waals surface area contributed by atoms with Crippen LogP contribution in [0.15, 0.2) is 46.2 Å². The summed E-state index contributed by atoms with van der Waals surface area (Å²) in [6.07, 6.45) is 2.84. The predicted octanol–water partition coefficient (Wildman–Crippen LogP) is 5.23. The summed E-state index contributed by atoms with van der Waals surface area (Å²) < 4.78 is 21.3. The second kappa shape index (κ2) is 11.6. The molecule has 1 aromatic heterocycles. The van der Waals surface area contributed by atoms with Crippen molar-refractivity contribution in [1.29, 1.82) is 0 Å². The highest BCUT2D eigenvalue weighted by Crippen LogP contribution is 2.61. The number of ether oxygens (including phenoxy) is 1. The molecule has 5 unspecified atom stereocenters. The maximum Gasteiger partial charge on any atom is 0.261 e. The van der Waals surface area contributed by atoms with E-state index in [-0.39, 0.29) is 11.4 Å². The third-order valence-electron chi connectivity index (χ3n) is 10.5. The van der Waals surface area contributed by atoms with Crippen LogP contribution in [0.4, 0.5) is 10.1 Å². The minimum atomic E-state index is -0.339. The van der Waals surface area contributed by atoms with Gasteiger partial charge in [-0.1, -0.05) is 26.8 Å². The Morgan fingerprint density at radius 1 is 1.21 bits per heavy atom. The molecular formula is C34H45FN6O2. The Hall–Kier alpha value is -3.46. The van der Waals surface area contributed by atoms with E-state index in [1.165, 1.54) is 19.6 Å². The number of aromatic nitrogens is 2. The molecule has 1 aliphatic heterocycles. The molecule has 4 fully saturated rings. The first-order valence-electron chi connectivity index (χ1n) is 15.7. The summed E-state index contributed by atoms with van der Waals surface area (Å²) in [5, 5.41) is 7.73. The van der Waals surface area contributed by atoms with Crippen molar-refractivity contribution in [2.45, 2.75) is 72.5 Å². The number of piperazine rings is 1. The van der Waals surface area contributed by atoms with Gasteiger partial charge in [-0.05, 0) is 86.1 Å². The fraction of sp³-hybridized carbons (Fsp3) is 0.559. The first kappa shape index (κ1) is 29.6. The van der Waals surface area contributed by atoms with Crippen LogP contribution in [-0.4, -0.2) is 59.2 Å². The van der Waals surface area contributed by atoms with Crippen molar-refractivity contribution in [3.8, 4) is 5.75 Å². The second-order valence-electron chi connectivity index (χ2n) is 13.5. The van der Waals surface area contributed by atoms with Gasteiger partial charge in [-0.25, -0.2) is 14.4 Å². The standard InChI is InChI=1S/C34H45FN6O2/c1-20-19-40(14-12-36-20)33(39-30-16-24-15-28(21(30)2)34(24,4)5)38-25-8-10-27-31(17-25)37-22(3)41(32(27)42)13-11-23-7-9-26(43-6)18-29(23)35/h7-10,17-18,20-21,24,28,30,36H,11-16,19H2,1-6H3,(H,38,39). The van der Waals surface area contributed by atoms with Gasteiger partial charge in [0.15, 0.2) is 5.96 Å². The maximum absolute atomic E-state index is 14.5. The topological polar surface area (TPSA) is 83.8 Å². The van der Waals surface area contributed by atoms with Crippen LogP contribution in [0.3, 0.4) is 0 Å². The Kier molecular flexibility index (Phi) is 7.96. The molecule has 2 heterocycles. The Morgan fingerprint density at radius 3 is 2.72 bits per heavy atom. The van der Waals surface area contributed by atoms with Gasteiger partial charge >= 0.3 is 0 Å². The molecule has 0 spiro atoms. The van der Waals surface area contributed by atoms with Crippen molar-refractivity contribution < 1.29 is 9.13 Å². The third kappa shape index (κ3) is 5.64. The summed E-state index contributed by atoms with van der Waals surface area (Å²) in [5.74, 6) is 3.65. The molecule has 8 nitrogen and oxygen atoms in total. The van der Waals surface area contributed by atoms with E-state index in [1.54, 1.807) is 16.7 Å². The molecule has 2 N–H and O–H groups in total. The van der Waals surface area contributed by atoms with Crippen molar-refractivity contribution >= 4 is 22.5 Å². The number of aryl methyl sites for hydroxylation is 2. The molecule has 0 radical (unpaired) electrons. The first-order chi connectivity index (χ1) is 20.5. The quantitative estimate of drug-likeness (QED) is 0.303. The molecule has 230 valence electrons.